The van der Waals surface area contributed by atoms with E-state index >= 15 is 0 Å². The lowest BCUT2D eigenvalue weighted by Crippen LogP contribution is -2.42. The van der Waals surface area contributed by atoms with Crippen LogP contribution < -0.4 is 0 Å². The standard InChI is InChI=1S/C12H17NO5/c1-2-8-6-10(14)13(7-8)9(12(17)18)4-3-5-11(15)16/h2,8-9H,1,3-7H2,(H,15,16)(H,17,18). The third kappa shape index (κ3) is 3.58. The Labute approximate surface area is 105 Å². The maximum absolute atomic E-state index is 11.7. The minimum absolute atomic E-state index is 0.0150. The average molecular weight is 255 g/mol. The van der Waals surface area contributed by atoms with Crippen molar-refractivity contribution < 1.29 is 24.6 Å². The monoisotopic (exact) mass is 255 g/mol. The summed E-state index contributed by atoms with van der Waals surface area (Å²) in [4.78, 5) is 34.5. The average Bonchev–Trinajstić information content (AvgIpc) is 2.65. The molecule has 1 fully saturated rings. The summed E-state index contributed by atoms with van der Waals surface area (Å²) in [5.74, 6) is -2.27. The summed E-state index contributed by atoms with van der Waals surface area (Å²) in [7, 11) is 0. The van der Waals surface area contributed by atoms with Gasteiger partial charge < -0.3 is 15.1 Å². The Morgan fingerprint density at radius 2 is 2.17 bits per heavy atom. The molecule has 0 aromatic carbocycles. The van der Waals surface area contributed by atoms with Crippen LogP contribution in [0, 0.1) is 5.92 Å². The zero-order valence-electron chi connectivity index (χ0n) is 10.0. The van der Waals surface area contributed by atoms with Crippen molar-refractivity contribution in [1.82, 2.24) is 4.90 Å². The zero-order chi connectivity index (χ0) is 13.7. The van der Waals surface area contributed by atoms with E-state index in [0.29, 0.717) is 6.54 Å². The van der Waals surface area contributed by atoms with E-state index in [-0.39, 0.29) is 37.5 Å². The molecule has 0 aromatic rings. The first-order valence-corrected chi connectivity index (χ1v) is 5.82. The number of amides is 1. The van der Waals surface area contributed by atoms with Gasteiger partial charge in [0.25, 0.3) is 0 Å². The van der Waals surface area contributed by atoms with Gasteiger partial charge in [-0.2, -0.15) is 0 Å². The number of hydrogen-bond donors (Lipinski definition) is 2. The summed E-state index contributed by atoms with van der Waals surface area (Å²) in [6.45, 7) is 3.95. The summed E-state index contributed by atoms with van der Waals surface area (Å²) < 4.78 is 0. The molecule has 1 aliphatic heterocycles. The predicted molar refractivity (Wildman–Crippen MR) is 62.9 cm³/mol. The maximum Gasteiger partial charge on any atom is 0.326 e. The van der Waals surface area contributed by atoms with Crippen molar-refractivity contribution in [2.45, 2.75) is 31.7 Å². The van der Waals surface area contributed by atoms with Gasteiger partial charge in [0.2, 0.25) is 5.91 Å². The van der Waals surface area contributed by atoms with E-state index in [4.69, 9.17) is 10.2 Å². The molecule has 2 unspecified atom stereocenters. The number of rotatable bonds is 7. The van der Waals surface area contributed by atoms with Gasteiger partial charge in [-0.25, -0.2) is 4.79 Å². The fraction of sp³-hybridized carbons (Fsp3) is 0.583. The van der Waals surface area contributed by atoms with Crippen LogP contribution in [-0.2, 0) is 14.4 Å². The molecule has 0 aliphatic carbocycles. The van der Waals surface area contributed by atoms with Crippen LogP contribution in [0.1, 0.15) is 25.7 Å². The first-order valence-electron chi connectivity index (χ1n) is 5.82. The lowest BCUT2D eigenvalue weighted by atomic mass is 10.1. The highest BCUT2D eigenvalue weighted by Crippen LogP contribution is 2.23. The summed E-state index contributed by atoms with van der Waals surface area (Å²) in [5, 5.41) is 17.6. The van der Waals surface area contributed by atoms with Gasteiger partial charge in [-0.15, -0.1) is 6.58 Å². The van der Waals surface area contributed by atoms with E-state index in [0.717, 1.165) is 0 Å². The van der Waals surface area contributed by atoms with Crippen LogP contribution in [0.25, 0.3) is 0 Å². The molecule has 2 atom stereocenters. The second kappa shape index (κ2) is 6.18. The fourth-order valence-corrected chi connectivity index (χ4v) is 2.08. The third-order valence-corrected chi connectivity index (χ3v) is 3.05. The Kier molecular flexibility index (Phi) is 4.88. The van der Waals surface area contributed by atoms with Gasteiger partial charge in [0.1, 0.15) is 6.04 Å². The second-order valence-electron chi connectivity index (χ2n) is 4.39. The Bertz CT molecular complexity index is 365. The van der Waals surface area contributed by atoms with Crippen molar-refractivity contribution in [1.29, 1.82) is 0 Å². The number of carbonyl (C=O) groups excluding carboxylic acids is 1. The minimum Gasteiger partial charge on any atom is -0.481 e. The van der Waals surface area contributed by atoms with Crippen molar-refractivity contribution in [3.8, 4) is 0 Å². The number of likely N-dealkylation sites (tertiary alicyclic amines) is 1. The summed E-state index contributed by atoms with van der Waals surface area (Å²) >= 11 is 0. The van der Waals surface area contributed by atoms with Gasteiger partial charge in [-0.1, -0.05) is 6.08 Å². The molecule has 6 heteroatoms. The number of nitrogens with zero attached hydrogens (tertiary/aromatic N) is 1. The highest BCUT2D eigenvalue weighted by Gasteiger charge is 2.36. The molecule has 0 saturated carbocycles. The molecule has 1 amide bonds. The van der Waals surface area contributed by atoms with Crippen LogP contribution in [-0.4, -0.2) is 45.5 Å². The molecule has 0 spiro atoms. The van der Waals surface area contributed by atoms with Gasteiger partial charge in [0.05, 0.1) is 0 Å². The largest absolute Gasteiger partial charge is 0.481 e. The van der Waals surface area contributed by atoms with Crippen LogP contribution in [0.4, 0.5) is 0 Å². The van der Waals surface area contributed by atoms with Crippen LogP contribution in [0.15, 0.2) is 12.7 Å². The van der Waals surface area contributed by atoms with Gasteiger partial charge in [0, 0.05) is 25.3 Å². The predicted octanol–water partition coefficient (Wildman–Crippen LogP) is 0.729. The number of carbonyl (C=O) groups is 3. The van der Waals surface area contributed by atoms with Crippen LogP contribution in [0.3, 0.4) is 0 Å². The van der Waals surface area contributed by atoms with Crippen molar-refractivity contribution in [3.63, 3.8) is 0 Å². The van der Waals surface area contributed by atoms with Crippen LogP contribution in [0.5, 0.6) is 0 Å². The number of aliphatic carboxylic acids is 2. The topological polar surface area (TPSA) is 94.9 Å². The van der Waals surface area contributed by atoms with E-state index in [1.54, 1.807) is 6.08 Å². The molecule has 2 N–H and O–H groups in total. The summed E-state index contributed by atoms with van der Waals surface area (Å²) in [6, 6.07) is -0.929. The van der Waals surface area contributed by atoms with Gasteiger partial charge >= 0.3 is 11.9 Å². The van der Waals surface area contributed by atoms with E-state index in [1.807, 2.05) is 0 Å². The molecular weight excluding hydrogens is 238 g/mol. The Morgan fingerprint density at radius 3 is 2.61 bits per heavy atom. The van der Waals surface area contributed by atoms with E-state index in [9.17, 15) is 14.4 Å². The highest BCUT2D eigenvalue weighted by molar-refractivity contribution is 5.85. The molecule has 6 nitrogen and oxygen atoms in total. The Morgan fingerprint density at radius 1 is 1.50 bits per heavy atom. The van der Waals surface area contributed by atoms with E-state index in [2.05, 4.69) is 6.58 Å². The molecule has 0 radical (unpaired) electrons. The molecule has 0 bridgehead atoms. The number of carboxylic acid groups (broad SMARTS) is 2. The van der Waals surface area contributed by atoms with E-state index in [1.165, 1.54) is 4.90 Å². The van der Waals surface area contributed by atoms with Gasteiger partial charge in [0.15, 0.2) is 0 Å². The first-order chi connectivity index (χ1) is 8.45. The lowest BCUT2D eigenvalue weighted by Gasteiger charge is -2.24. The van der Waals surface area contributed by atoms with Crippen LogP contribution >= 0.6 is 0 Å². The quantitative estimate of drug-likeness (QED) is 0.654. The molecule has 0 aromatic heterocycles. The van der Waals surface area contributed by atoms with Crippen LogP contribution in [0.2, 0.25) is 0 Å². The molecule has 100 valence electrons. The molecule has 1 rings (SSSR count). The Balaban J connectivity index is 2.61. The zero-order valence-corrected chi connectivity index (χ0v) is 10.0. The molecular formula is C12H17NO5. The van der Waals surface area contributed by atoms with Gasteiger partial charge in [-0.3, -0.25) is 9.59 Å². The second-order valence-corrected chi connectivity index (χ2v) is 4.39. The van der Waals surface area contributed by atoms with Crippen molar-refractivity contribution in [2.75, 3.05) is 6.54 Å². The molecule has 1 aliphatic rings. The number of carboxylic acids is 2. The minimum atomic E-state index is -1.08. The van der Waals surface area contributed by atoms with Gasteiger partial charge in [-0.05, 0) is 12.8 Å². The molecule has 1 heterocycles. The van der Waals surface area contributed by atoms with Crippen molar-refractivity contribution in [3.05, 3.63) is 12.7 Å². The third-order valence-electron chi connectivity index (χ3n) is 3.05. The molecule has 18 heavy (non-hydrogen) atoms. The Hall–Kier alpha value is -1.85. The number of hydrogen-bond acceptors (Lipinski definition) is 3. The van der Waals surface area contributed by atoms with E-state index < -0.39 is 18.0 Å². The first kappa shape index (κ1) is 14.2. The summed E-state index contributed by atoms with van der Waals surface area (Å²) in [6.07, 6.45) is 2.25. The smallest absolute Gasteiger partial charge is 0.326 e. The van der Waals surface area contributed by atoms with Crippen molar-refractivity contribution in [2.24, 2.45) is 5.92 Å². The normalized spacial score (nSPS) is 20.8. The molecule has 1 saturated heterocycles. The SMILES string of the molecule is C=CC1CC(=O)N(C(CCCC(=O)O)C(=O)O)C1. The highest BCUT2D eigenvalue weighted by atomic mass is 16.4. The maximum atomic E-state index is 11.7. The van der Waals surface area contributed by atoms with Crippen molar-refractivity contribution >= 4 is 17.8 Å². The summed E-state index contributed by atoms with van der Waals surface area (Å²) in [5.41, 5.74) is 0. The lowest BCUT2D eigenvalue weighted by molar-refractivity contribution is -0.149. The fourth-order valence-electron chi connectivity index (χ4n) is 2.08.